The van der Waals surface area contributed by atoms with E-state index in [2.05, 4.69) is 9.97 Å². The van der Waals surface area contributed by atoms with Gasteiger partial charge in [0.25, 0.3) is 15.6 Å². The SMILES string of the molecule is Cc1ccc2c(c1)S(=O)(=O)N(C)C(c1nc3ccccc3c(=O)[nH]1)=C2O. The zero-order valence-corrected chi connectivity index (χ0v) is 14.8. The number of aliphatic hydroxyl groups excluding tert-OH is 1. The predicted molar refractivity (Wildman–Crippen MR) is 97.9 cm³/mol. The molecule has 0 spiro atoms. The monoisotopic (exact) mass is 369 g/mol. The van der Waals surface area contributed by atoms with Crippen molar-refractivity contribution in [2.24, 2.45) is 0 Å². The van der Waals surface area contributed by atoms with E-state index >= 15 is 0 Å². The smallest absolute Gasteiger partial charge is 0.265 e. The number of benzene rings is 2. The van der Waals surface area contributed by atoms with Gasteiger partial charge in [0.05, 0.1) is 15.8 Å². The van der Waals surface area contributed by atoms with Crippen LogP contribution in [-0.2, 0) is 10.0 Å². The number of H-pyrrole nitrogens is 1. The molecular weight excluding hydrogens is 354 g/mol. The van der Waals surface area contributed by atoms with Gasteiger partial charge in [-0.2, -0.15) is 0 Å². The lowest BCUT2D eigenvalue weighted by Crippen LogP contribution is -2.32. The molecule has 4 rings (SSSR count). The van der Waals surface area contributed by atoms with E-state index in [4.69, 9.17) is 0 Å². The van der Waals surface area contributed by atoms with Gasteiger partial charge in [-0.05, 0) is 36.8 Å². The molecule has 2 aromatic carbocycles. The second kappa shape index (κ2) is 5.43. The maximum absolute atomic E-state index is 12.9. The maximum atomic E-state index is 12.9. The summed E-state index contributed by atoms with van der Waals surface area (Å²) in [5.74, 6) is -0.265. The molecule has 1 aliphatic heterocycles. The third-order valence-corrected chi connectivity index (χ3v) is 6.20. The van der Waals surface area contributed by atoms with Crippen LogP contribution < -0.4 is 5.56 Å². The summed E-state index contributed by atoms with van der Waals surface area (Å²) in [6.45, 7) is 1.77. The number of nitrogens with zero attached hydrogens (tertiary/aromatic N) is 2. The van der Waals surface area contributed by atoms with E-state index in [-0.39, 0.29) is 27.7 Å². The van der Waals surface area contributed by atoms with E-state index in [1.807, 2.05) is 0 Å². The number of para-hydroxylation sites is 1. The number of aromatic amines is 1. The average Bonchev–Trinajstić information content (AvgIpc) is 2.60. The van der Waals surface area contributed by atoms with Gasteiger partial charge in [-0.1, -0.05) is 18.2 Å². The van der Waals surface area contributed by atoms with E-state index < -0.39 is 15.6 Å². The highest BCUT2D eigenvalue weighted by molar-refractivity contribution is 7.89. The van der Waals surface area contributed by atoms with Crippen molar-refractivity contribution in [3.63, 3.8) is 0 Å². The summed E-state index contributed by atoms with van der Waals surface area (Å²) >= 11 is 0. The highest BCUT2D eigenvalue weighted by atomic mass is 32.2. The van der Waals surface area contributed by atoms with E-state index in [0.717, 1.165) is 9.87 Å². The van der Waals surface area contributed by atoms with Gasteiger partial charge >= 0.3 is 0 Å². The van der Waals surface area contributed by atoms with Gasteiger partial charge in [-0.25, -0.2) is 13.4 Å². The van der Waals surface area contributed by atoms with Crippen LogP contribution in [0.25, 0.3) is 22.4 Å². The molecule has 0 bridgehead atoms. The van der Waals surface area contributed by atoms with E-state index in [1.165, 1.54) is 13.1 Å². The number of aliphatic hydroxyl groups is 1. The molecule has 0 saturated carbocycles. The lowest BCUT2D eigenvalue weighted by molar-refractivity contribution is 0.486. The summed E-state index contributed by atoms with van der Waals surface area (Å²) in [7, 11) is -2.57. The molecule has 0 atom stereocenters. The molecule has 26 heavy (non-hydrogen) atoms. The van der Waals surface area contributed by atoms with E-state index in [9.17, 15) is 18.3 Å². The van der Waals surface area contributed by atoms with Crippen LogP contribution in [0.2, 0.25) is 0 Å². The number of sulfonamides is 1. The Hall–Kier alpha value is -3.13. The van der Waals surface area contributed by atoms with E-state index in [0.29, 0.717) is 10.9 Å². The van der Waals surface area contributed by atoms with Gasteiger partial charge in [-0.15, -0.1) is 0 Å². The number of rotatable bonds is 1. The standard InChI is InChI=1S/C18H15N3O4S/c1-10-7-8-12-14(9-10)26(24,25)21(2)15(16(12)22)17-19-13-6-4-3-5-11(13)18(23)20-17/h3-9,22H,1-2H3,(H,19,20,23). The summed E-state index contributed by atoms with van der Waals surface area (Å²) in [6.07, 6.45) is 0. The Balaban J connectivity index is 2.06. The first-order valence-corrected chi connectivity index (χ1v) is 9.27. The van der Waals surface area contributed by atoms with Crippen LogP contribution in [0, 0.1) is 6.92 Å². The topological polar surface area (TPSA) is 103 Å². The van der Waals surface area contributed by atoms with Gasteiger partial charge in [0.2, 0.25) is 0 Å². The molecule has 2 heterocycles. The first-order valence-electron chi connectivity index (χ1n) is 7.83. The molecule has 2 N–H and O–H groups in total. The average molecular weight is 369 g/mol. The van der Waals surface area contributed by atoms with Crippen molar-refractivity contribution in [1.29, 1.82) is 0 Å². The normalized spacial score (nSPS) is 16.0. The van der Waals surface area contributed by atoms with Crippen LogP contribution in [-0.4, -0.2) is 34.8 Å². The third-order valence-electron chi connectivity index (χ3n) is 4.41. The molecule has 0 amide bonds. The second-order valence-electron chi connectivity index (χ2n) is 6.10. The van der Waals surface area contributed by atoms with E-state index in [1.54, 1.807) is 43.3 Å². The van der Waals surface area contributed by atoms with Crippen LogP contribution in [0.15, 0.2) is 52.2 Å². The molecule has 0 unspecified atom stereocenters. The summed E-state index contributed by atoms with van der Waals surface area (Å²) in [4.78, 5) is 19.3. The minimum Gasteiger partial charge on any atom is -0.505 e. The number of fused-ring (bicyclic) bond motifs is 2. The Morgan fingerprint density at radius 1 is 1.15 bits per heavy atom. The van der Waals surface area contributed by atoms with Crippen molar-refractivity contribution in [3.8, 4) is 0 Å². The largest absolute Gasteiger partial charge is 0.505 e. The Kier molecular flexibility index (Phi) is 3.42. The fourth-order valence-corrected chi connectivity index (χ4v) is 4.53. The minimum atomic E-state index is -3.89. The number of hydrogen-bond acceptors (Lipinski definition) is 5. The zero-order chi connectivity index (χ0) is 18.6. The molecule has 7 nitrogen and oxygen atoms in total. The molecule has 0 aliphatic carbocycles. The summed E-state index contributed by atoms with van der Waals surface area (Å²) in [5.41, 5.74) is 0.872. The lowest BCUT2D eigenvalue weighted by Gasteiger charge is -2.29. The molecule has 132 valence electrons. The van der Waals surface area contributed by atoms with Crippen LogP contribution in [0.3, 0.4) is 0 Å². The number of aromatic nitrogens is 2. The van der Waals surface area contributed by atoms with Crippen molar-refractivity contribution >= 4 is 32.4 Å². The van der Waals surface area contributed by atoms with Gasteiger partial charge in [0.15, 0.2) is 11.6 Å². The van der Waals surface area contributed by atoms with Crippen LogP contribution in [0.1, 0.15) is 17.0 Å². The molecular formula is C18H15N3O4S. The number of nitrogens with one attached hydrogen (secondary N) is 1. The maximum Gasteiger partial charge on any atom is 0.265 e. The van der Waals surface area contributed by atoms with Crippen LogP contribution >= 0.6 is 0 Å². The van der Waals surface area contributed by atoms with Crippen molar-refractivity contribution < 1.29 is 13.5 Å². The quantitative estimate of drug-likeness (QED) is 0.685. The molecule has 1 aromatic heterocycles. The van der Waals surface area contributed by atoms with Gasteiger partial charge in [-0.3, -0.25) is 9.10 Å². The first-order chi connectivity index (χ1) is 12.3. The third kappa shape index (κ3) is 2.22. The highest BCUT2D eigenvalue weighted by Crippen LogP contribution is 2.38. The highest BCUT2D eigenvalue weighted by Gasteiger charge is 2.36. The Labute approximate surface area is 149 Å². The predicted octanol–water partition coefficient (Wildman–Crippen LogP) is 2.25. The molecule has 3 aromatic rings. The molecule has 0 fully saturated rings. The van der Waals surface area contributed by atoms with Crippen LogP contribution in [0.4, 0.5) is 0 Å². The van der Waals surface area contributed by atoms with Crippen molar-refractivity contribution in [3.05, 3.63) is 69.8 Å². The second-order valence-corrected chi connectivity index (χ2v) is 8.04. The van der Waals surface area contributed by atoms with Gasteiger partial charge in [0.1, 0.15) is 5.70 Å². The van der Waals surface area contributed by atoms with Crippen molar-refractivity contribution in [1.82, 2.24) is 14.3 Å². The fraction of sp³-hybridized carbons (Fsp3) is 0.111. The Bertz CT molecular complexity index is 1260. The molecule has 1 aliphatic rings. The molecule has 8 heteroatoms. The number of hydrogen-bond donors (Lipinski definition) is 2. The van der Waals surface area contributed by atoms with Gasteiger partial charge in [0, 0.05) is 12.6 Å². The Morgan fingerprint density at radius 2 is 1.88 bits per heavy atom. The fourth-order valence-electron chi connectivity index (χ4n) is 3.04. The van der Waals surface area contributed by atoms with Crippen LogP contribution in [0.5, 0.6) is 0 Å². The summed E-state index contributed by atoms with van der Waals surface area (Å²) in [5, 5.41) is 11.1. The summed E-state index contributed by atoms with van der Waals surface area (Å²) in [6, 6.07) is 11.5. The van der Waals surface area contributed by atoms with Gasteiger partial charge < -0.3 is 10.1 Å². The lowest BCUT2D eigenvalue weighted by atomic mass is 10.1. The van der Waals surface area contributed by atoms with Crippen molar-refractivity contribution in [2.75, 3.05) is 7.05 Å². The Morgan fingerprint density at radius 3 is 2.65 bits per heavy atom. The summed E-state index contributed by atoms with van der Waals surface area (Å²) < 4.78 is 26.7. The zero-order valence-electron chi connectivity index (χ0n) is 14.0. The van der Waals surface area contributed by atoms with Crippen molar-refractivity contribution in [2.45, 2.75) is 11.8 Å². The molecule has 0 radical (unpaired) electrons. The first kappa shape index (κ1) is 16.3. The minimum absolute atomic E-state index is 0.0106. The number of aryl methyl sites for hydroxylation is 1. The molecule has 0 saturated heterocycles.